The molecule has 0 fully saturated rings. The third-order valence-corrected chi connectivity index (χ3v) is 5.50. The molecule has 0 spiro atoms. The monoisotopic (exact) mass is 351 g/mol. The molecule has 1 aromatic carbocycles. The van der Waals surface area contributed by atoms with Gasteiger partial charge in [-0.05, 0) is 32.0 Å². The summed E-state index contributed by atoms with van der Waals surface area (Å²) in [4.78, 5) is 11.8. The molecule has 0 atom stereocenters. The lowest BCUT2D eigenvalue weighted by Crippen LogP contribution is -2.43. The van der Waals surface area contributed by atoms with Crippen molar-refractivity contribution in [2.75, 3.05) is 12.8 Å². The Morgan fingerprint density at radius 2 is 2.00 bits per heavy atom. The Kier molecular flexibility index (Phi) is 4.73. The smallest absolute Gasteiger partial charge is 0.254 e. The van der Waals surface area contributed by atoms with E-state index in [-0.39, 0.29) is 12.1 Å². The van der Waals surface area contributed by atoms with Gasteiger partial charge in [0.25, 0.3) is 5.91 Å². The summed E-state index contributed by atoms with van der Waals surface area (Å²) < 4.78 is 35.9. The van der Waals surface area contributed by atoms with Crippen LogP contribution >= 0.6 is 15.9 Å². The summed E-state index contributed by atoms with van der Waals surface area (Å²) in [6, 6.07) is 4.05. The largest absolute Gasteiger partial charge is 0.350 e. The van der Waals surface area contributed by atoms with Crippen LogP contribution in [0, 0.1) is 5.82 Å². The van der Waals surface area contributed by atoms with Gasteiger partial charge < -0.3 is 5.32 Å². The maximum Gasteiger partial charge on any atom is 0.254 e. The van der Waals surface area contributed by atoms with E-state index in [4.69, 9.17) is 0 Å². The molecule has 0 radical (unpaired) electrons. The summed E-state index contributed by atoms with van der Waals surface area (Å²) >= 11 is 3.09. The summed E-state index contributed by atoms with van der Waals surface area (Å²) in [6.07, 6.45) is 1.10. The van der Waals surface area contributed by atoms with E-state index >= 15 is 0 Å². The Morgan fingerprint density at radius 1 is 1.42 bits per heavy atom. The molecule has 106 valence electrons. The van der Waals surface area contributed by atoms with Gasteiger partial charge in [-0.15, -0.1) is 0 Å². The Bertz CT molecular complexity index is 599. The summed E-state index contributed by atoms with van der Waals surface area (Å²) in [5, 5.41) is 2.43. The van der Waals surface area contributed by atoms with Gasteiger partial charge in [0.05, 0.1) is 10.3 Å². The van der Waals surface area contributed by atoms with Crippen LogP contribution in [0.4, 0.5) is 4.39 Å². The molecule has 0 saturated heterocycles. The molecule has 1 rings (SSSR count). The number of amides is 1. The van der Waals surface area contributed by atoms with Gasteiger partial charge in [0.2, 0.25) is 0 Å². The van der Waals surface area contributed by atoms with Crippen LogP contribution in [0.3, 0.4) is 0 Å². The molecule has 0 bridgehead atoms. The molecule has 0 aliphatic rings. The Balaban J connectivity index is 2.82. The quantitative estimate of drug-likeness (QED) is 0.903. The Morgan fingerprint density at radius 3 is 2.47 bits per heavy atom. The number of sulfone groups is 1. The second kappa shape index (κ2) is 5.58. The highest BCUT2D eigenvalue weighted by Crippen LogP contribution is 2.17. The van der Waals surface area contributed by atoms with E-state index in [9.17, 15) is 17.6 Å². The normalized spacial score (nSPS) is 12.3. The maximum absolute atomic E-state index is 13.5. The fourth-order valence-electron chi connectivity index (χ4n) is 1.19. The maximum atomic E-state index is 13.5. The van der Waals surface area contributed by atoms with E-state index in [0.29, 0.717) is 4.47 Å². The molecule has 0 aliphatic heterocycles. The first kappa shape index (κ1) is 16.1. The number of benzene rings is 1. The van der Waals surface area contributed by atoms with E-state index in [1.165, 1.54) is 26.0 Å². The second-order valence-corrected chi connectivity index (χ2v) is 8.40. The molecule has 7 heteroatoms. The number of carbonyl (C=O) groups is 1. The minimum Gasteiger partial charge on any atom is -0.350 e. The van der Waals surface area contributed by atoms with Crippen molar-refractivity contribution in [3.63, 3.8) is 0 Å². The molecule has 0 unspecified atom stereocenters. The van der Waals surface area contributed by atoms with Gasteiger partial charge in [0.1, 0.15) is 5.82 Å². The van der Waals surface area contributed by atoms with E-state index in [1.807, 2.05) is 0 Å². The summed E-state index contributed by atoms with van der Waals surface area (Å²) in [5.41, 5.74) is -0.118. The molecule has 1 N–H and O–H groups in total. The molecule has 1 aromatic rings. The molecule has 19 heavy (non-hydrogen) atoms. The SMILES string of the molecule is CC(C)(CNC(=O)c1ccc(Br)cc1F)S(C)(=O)=O. The van der Waals surface area contributed by atoms with Crippen molar-refractivity contribution in [2.24, 2.45) is 0 Å². The molecule has 0 heterocycles. The first-order valence-electron chi connectivity index (χ1n) is 5.47. The van der Waals surface area contributed by atoms with E-state index in [1.54, 1.807) is 6.07 Å². The first-order valence-corrected chi connectivity index (χ1v) is 8.16. The zero-order valence-corrected chi connectivity index (χ0v) is 13.2. The molecular formula is C12H15BrFNO3S. The number of halogens is 2. The number of carbonyl (C=O) groups excluding carboxylic acids is 1. The summed E-state index contributed by atoms with van der Waals surface area (Å²) in [5.74, 6) is -1.30. The topological polar surface area (TPSA) is 63.2 Å². The van der Waals surface area contributed by atoms with Crippen LogP contribution < -0.4 is 5.32 Å². The molecule has 0 aromatic heterocycles. The van der Waals surface area contributed by atoms with Crippen molar-refractivity contribution in [1.29, 1.82) is 0 Å². The minimum atomic E-state index is -3.31. The molecule has 1 amide bonds. The van der Waals surface area contributed by atoms with Crippen molar-refractivity contribution in [3.8, 4) is 0 Å². The molecule has 4 nitrogen and oxygen atoms in total. The lowest BCUT2D eigenvalue weighted by molar-refractivity contribution is 0.0946. The van der Waals surface area contributed by atoms with Crippen molar-refractivity contribution < 1.29 is 17.6 Å². The van der Waals surface area contributed by atoms with Crippen molar-refractivity contribution in [3.05, 3.63) is 34.1 Å². The lowest BCUT2D eigenvalue weighted by Gasteiger charge is -2.22. The Hall–Kier alpha value is -0.950. The van der Waals surface area contributed by atoms with Gasteiger partial charge in [-0.2, -0.15) is 0 Å². The van der Waals surface area contributed by atoms with Crippen LogP contribution in [0.25, 0.3) is 0 Å². The number of rotatable bonds is 4. The van der Waals surface area contributed by atoms with E-state index in [2.05, 4.69) is 21.2 Å². The highest BCUT2D eigenvalue weighted by molar-refractivity contribution is 9.10. The van der Waals surface area contributed by atoms with Gasteiger partial charge in [0.15, 0.2) is 9.84 Å². The first-order chi connectivity index (χ1) is 8.54. The zero-order chi connectivity index (χ0) is 14.8. The van der Waals surface area contributed by atoms with Crippen LogP contribution in [0.5, 0.6) is 0 Å². The fourth-order valence-corrected chi connectivity index (χ4v) is 1.86. The fraction of sp³-hybridized carbons (Fsp3) is 0.417. The van der Waals surface area contributed by atoms with Gasteiger partial charge in [-0.25, -0.2) is 12.8 Å². The van der Waals surface area contributed by atoms with Gasteiger partial charge in [-0.3, -0.25) is 4.79 Å². The average Bonchev–Trinajstić information content (AvgIpc) is 2.24. The Labute approximate surface area is 120 Å². The van der Waals surface area contributed by atoms with Gasteiger partial charge >= 0.3 is 0 Å². The summed E-state index contributed by atoms with van der Waals surface area (Å²) in [6.45, 7) is 2.92. The standard InChI is InChI=1S/C12H15BrFNO3S/c1-12(2,19(3,17)18)7-15-11(16)9-5-4-8(13)6-10(9)14/h4-6H,7H2,1-3H3,(H,15,16). The second-order valence-electron chi connectivity index (χ2n) is 4.84. The average molecular weight is 352 g/mol. The number of hydrogen-bond donors (Lipinski definition) is 1. The van der Waals surface area contributed by atoms with Crippen LogP contribution in [-0.2, 0) is 9.84 Å². The predicted molar refractivity (Wildman–Crippen MR) is 75.4 cm³/mol. The number of hydrogen-bond acceptors (Lipinski definition) is 3. The number of nitrogens with one attached hydrogen (secondary N) is 1. The predicted octanol–water partition coefficient (Wildman–Crippen LogP) is 2.14. The van der Waals surface area contributed by atoms with Crippen molar-refractivity contribution >= 4 is 31.7 Å². The summed E-state index contributed by atoms with van der Waals surface area (Å²) in [7, 11) is -3.31. The van der Waals surface area contributed by atoms with Crippen LogP contribution in [0.1, 0.15) is 24.2 Å². The minimum absolute atomic E-state index is 0.0832. The van der Waals surface area contributed by atoms with Gasteiger partial charge in [-0.1, -0.05) is 15.9 Å². The van der Waals surface area contributed by atoms with Crippen LogP contribution in [0.15, 0.2) is 22.7 Å². The van der Waals surface area contributed by atoms with E-state index < -0.39 is 26.3 Å². The van der Waals surface area contributed by atoms with E-state index in [0.717, 1.165) is 6.26 Å². The van der Waals surface area contributed by atoms with Crippen molar-refractivity contribution in [1.82, 2.24) is 5.32 Å². The molecule has 0 aliphatic carbocycles. The zero-order valence-electron chi connectivity index (χ0n) is 10.8. The lowest BCUT2D eigenvalue weighted by atomic mass is 10.1. The third kappa shape index (κ3) is 4.01. The molecular weight excluding hydrogens is 337 g/mol. The highest BCUT2D eigenvalue weighted by atomic mass is 79.9. The molecule has 0 saturated carbocycles. The highest BCUT2D eigenvalue weighted by Gasteiger charge is 2.30. The van der Waals surface area contributed by atoms with Crippen LogP contribution in [-0.4, -0.2) is 31.9 Å². The van der Waals surface area contributed by atoms with Gasteiger partial charge in [0, 0.05) is 17.3 Å². The third-order valence-electron chi connectivity index (χ3n) is 2.85. The van der Waals surface area contributed by atoms with Crippen molar-refractivity contribution in [2.45, 2.75) is 18.6 Å². The van der Waals surface area contributed by atoms with Crippen LogP contribution in [0.2, 0.25) is 0 Å².